The molecule has 0 spiro atoms. The second-order valence-corrected chi connectivity index (χ2v) is 13.5. The topological polar surface area (TPSA) is 27.7 Å². The molecular formula is C20H42O3Si2. The standard InChI is InChI=1S/C20H42O3Si2/c1-8-12-14-15-17-19-21-24(6,10-3)23-25(7,11-4)22-20(5)18-16-13-9-2/h10-11,20H,3-4,8-9,12-19H2,1-2,5-7H3. The molecule has 3 atom stereocenters. The first-order valence-electron chi connectivity index (χ1n) is 10.1. The average Bonchev–Trinajstić information content (AvgIpc) is 2.58. The smallest absolute Gasteiger partial charge is 0.352 e. The van der Waals surface area contributed by atoms with Crippen molar-refractivity contribution in [3.8, 4) is 0 Å². The van der Waals surface area contributed by atoms with Crippen molar-refractivity contribution in [2.24, 2.45) is 0 Å². The van der Waals surface area contributed by atoms with Crippen molar-refractivity contribution in [1.82, 2.24) is 0 Å². The summed E-state index contributed by atoms with van der Waals surface area (Å²) in [5.74, 6) is 0. The van der Waals surface area contributed by atoms with Crippen molar-refractivity contribution in [1.29, 1.82) is 0 Å². The van der Waals surface area contributed by atoms with Crippen LogP contribution in [0.3, 0.4) is 0 Å². The van der Waals surface area contributed by atoms with E-state index in [0.29, 0.717) is 0 Å². The summed E-state index contributed by atoms with van der Waals surface area (Å²) in [6.45, 7) is 19.4. The Kier molecular flexibility index (Phi) is 13.8. The number of hydrogen-bond acceptors (Lipinski definition) is 3. The second kappa shape index (κ2) is 13.9. The monoisotopic (exact) mass is 386 g/mol. The molecule has 0 N–H and O–H groups in total. The summed E-state index contributed by atoms with van der Waals surface area (Å²) in [4.78, 5) is 0. The molecule has 5 heteroatoms. The maximum absolute atomic E-state index is 6.43. The minimum Gasteiger partial charge on any atom is -0.409 e. The van der Waals surface area contributed by atoms with Gasteiger partial charge in [-0.25, -0.2) is 0 Å². The number of unbranched alkanes of at least 4 members (excludes halogenated alkanes) is 6. The quantitative estimate of drug-likeness (QED) is 0.209. The third-order valence-corrected chi connectivity index (χ3v) is 10.8. The second-order valence-electron chi connectivity index (χ2n) is 7.23. The Hall–Kier alpha value is -0.206. The maximum atomic E-state index is 6.43. The van der Waals surface area contributed by atoms with Gasteiger partial charge in [0.1, 0.15) is 0 Å². The van der Waals surface area contributed by atoms with Gasteiger partial charge in [-0.2, -0.15) is 0 Å². The summed E-state index contributed by atoms with van der Waals surface area (Å²) in [6, 6.07) is 0. The Morgan fingerprint density at radius 3 is 1.96 bits per heavy atom. The molecule has 3 nitrogen and oxygen atoms in total. The highest BCUT2D eigenvalue weighted by molar-refractivity contribution is 6.84. The van der Waals surface area contributed by atoms with Gasteiger partial charge in [0.15, 0.2) is 0 Å². The van der Waals surface area contributed by atoms with E-state index < -0.39 is 17.1 Å². The van der Waals surface area contributed by atoms with Crippen LogP contribution < -0.4 is 0 Å². The average molecular weight is 387 g/mol. The van der Waals surface area contributed by atoms with Crippen molar-refractivity contribution >= 4 is 17.1 Å². The van der Waals surface area contributed by atoms with Gasteiger partial charge in [0, 0.05) is 12.7 Å². The highest BCUT2D eigenvalue weighted by atomic mass is 28.5. The molecule has 0 aliphatic carbocycles. The van der Waals surface area contributed by atoms with Gasteiger partial charge in [-0.3, -0.25) is 0 Å². The van der Waals surface area contributed by atoms with Crippen LogP contribution in [0.15, 0.2) is 24.6 Å². The molecule has 0 aliphatic rings. The van der Waals surface area contributed by atoms with Crippen LogP contribution in [0.2, 0.25) is 13.1 Å². The van der Waals surface area contributed by atoms with Gasteiger partial charge in [-0.1, -0.05) is 70.2 Å². The van der Waals surface area contributed by atoms with Gasteiger partial charge in [0.05, 0.1) is 0 Å². The highest BCUT2D eigenvalue weighted by Crippen LogP contribution is 2.22. The van der Waals surface area contributed by atoms with Crippen LogP contribution in [-0.2, 0) is 13.0 Å². The SMILES string of the molecule is C=C[Si](C)(OCCCCCCC)O[Si](C)(C=C)OC(C)CCCCC. The van der Waals surface area contributed by atoms with Gasteiger partial charge in [0.25, 0.3) is 0 Å². The summed E-state index contributed by atoms with van der Waals surface area (Å²) in [7, 11) is -4.88. The van der Waals surface area contributed by atoms with E-state index in [1.807, 2.05) is 11.4 Å². The van der Waals surface area contributed by atoms with Crippen molar-refractivity contribution < 1.29 is 13.0 Å². The van der Waals surface area contributed by atoms with E-state index in [-0.39, 0.29) is 6.10 Å². The largest absolute Gasteiger partial charge is 0.409 e. The molecule has 148 valence electrons. The van der Waals surface area contributed by atoms with Crippen LogP contribution in [0.5, 0.6) is 0 Å². The molecule has 0 radical (unpaired) electrons. The molecule has 0 rings (SSSR count). The van der Waals surface area contributed by atoms with Crippen LogP contribution in [0, 0.1) is 0 Å². The maximum Gasteiger partial charge on any atom is 0.352 e. The van der Waals surface area contributed by atoms with Crippen LogP contribution in [0.25, 0.3) is 0 Å². The Bertz CT molecular complexity index is 365. The lowest BCUT2D eigenvalue weighted by Crippen LogP contribution is -2.51. The van der Waals surface area contributed by atoms with Crippen molar-refractivity contribution in [2.75, 3.05) is 6.61 Å². The van der Waals surface area contributed by atoms with Crippen LogP contribution >= 0.6 is 0 Å². The summed E-state index contributed by atoms with van der Waals surface area (Å²) in [5.41, 5.74) is 3.75. The predicted octanol–water partition coefficient (Wildman–Crippen LogP) is 6.57. The van der Waals surface area contributed by atoms with Gasteiger partial charge < -0.3 is 13.0 Å². The minimum absolute atomic E-state index is 0.193. The molecule has 0 heterocycles. The Balaban J connectivity index is 4.47. The third-order valence-electron chi connectivity index (χ3n) is 4.43. The summed E-state index contributed by atoms with van der Waals surface area (Å²) in [5, 5.41) is 0. The molecule has 0 bridgehead atoms. The Morgan fingerprint density at radius 2 is 1.40 bits per heavy atom. The van der Waals surface area contributed by atoms with Crippen molar-refractivity contribution in [2.45, 2.75) is 97.8 Å². The van der Waals surface area contributed by atoms with Crippen LogP contribution in [0.4, 0.5) is 0 Å². The zero-order valence-corrected chi connectivity index (χ0v) is 19.4. The minimum atomic E-state index is -2.45. The lowest BCUT2D eigenvalue weighted by molar-refractivity contribution is 0.147. The molecule has 0 saturated heterocycles. The van der Waals surface area contributed by atoms with E-state index in [1.165, 1.54) is 44.9 Å². The van der Waals surface area contributed by atoms with E-state index in [9.17, 15) is 0 Å². The molecule has 3 unspecified atom stereocenters. The van der Waals surface area contributed by atoms with Gasteiger partial charge >= 0.3 is 17.1 Å². The van der Waals surface area contributed by atoms with Gasteiger partial charge in [-0.05, 0) is 32.9 Å². The van der Waals surface area contributed by atoms with Gasteiger partial charge in [-0.15, -0.1) is 13.2 Å². The van der Waals surface area contributed by atoms with E-state index in [2.05, 4.69) is 47.0 Å². The van der Waals surface area contributed by atoms with Crippen LogP contribution in [-0.4, -0.2) is 29.8 Å². The lowest BCUT2D eigenvalue weighted by Gasteiger charge is -2.35. The summed E-state index contributed by atoms with van der Waals surface area (Å²) in [6.07, 6.45) is 11.1. The fourth-order valence-corrected chi connectivity index (χ4v) is 8.76. The highest BCUT2D eigenvalue weighted by Gasteiger charge is 2.40. The first-order valence-corrected chi connectivity index (χ1v) is 14.9. The van der Waals surface area contributed by atoms with Crippen LogP contribution in [0.1, 0.15) is 78.6 Å². The molecule has 0 saturated carbocycles. The fourth-order valence-electron chi connectivity index (χ4n) is 2.77. The van der Waals surface area contributed by atoms with E-state index in [1.54, 1.807) is 0 Å². The molecule has 0 aliphatic heterocycles. The number of hydrogen-bond donors (Lipinski definition) is 0. The zero-order valence-electron chi connectivity index (χ0n) is 17.4. The molecule has 0 aromatic rings. The first kappa shape index (κ1) is 24.8. The summed E-state index contributed by atoms with van der Waals surface area (Å²) >= 11 is 0. The predicted molar refractivity (Wildman–Crippen MR) is 114 cm³/mol. The van der Waals surface area contributed by atoms with E-state index >= 15 is 0 Å². The van der Waals surface area contributed by atoms with E-state index in [0.717, 1.165) is 19.4 Å². The fraction of sp³-hybridized carbons (Fsp3) is 0.800. The molecular weight excluding hydrogens is 344 g/mol. The van der Waals surface area contributed by atoms with Crippen molar-refractivity contribution in [3.05, 3.63) is 24.6 Å². The first-order chi connectivity index (χ1) is 11.8. The Morgan fingerprint density at radius 1 is 0.840 bits per heavy atom. The lowest BCUT2D eigenvalue weighted by atomic mass is 10.1. The third kappa shape index (κ3) is 11.9. The molecule has 0 fully saturated rings. The molecule has 0 aromatic carbocycles. The molecule has 0 amide bonds. The van der Waals surface area contributed by atoms with Crippen molar-refractivity contribution in [3.63, 3.8) is 0 Å². The Labute approximate surface area is 159 Å². The normalized spacial score (nSPS) is 17.5. The molecule has 25 heavy (non-hydrogen) atoms. The zero-order chi connectivity index (χ0) is 19.2. The molecule has 0 aromatic heterocycles. The number of rotatable bonds is 17. The summed E-state index contributed by atoms with van der Waals surface area (Å²) < 4.78 is 18.9. The van der Waals surface area contributed by atoms with E-state index in [4.69, 9.17) is 13.0 Å². The van der Waals surface area contributed by atoms with Gasteiger partial charge in [0.2, 0.25) is 0 Å².